The molecule has 1 aromatic rings. The van der Waals surface area contributed by atoms with Crippen molar-refractivity contribution in [1.82, 2.24) is 14.9 Å². The molecule has 2 N–H and O–H groups in total. The van der Waals surface area contributed by atoms with Gasteiger partial charge in [-0.25, -0.2) is 8.42 Å². The maximum Gasteiger partial charge on any atom is 0.243 e. The highest BCUT2D eigenvalue weighted by atomic mass is 32.2. The molecular weight excluding hydrogens is 386 g/mol. The molecule has 1 amide bonds. The second-order valence-corrected chi connectivity index (χ2v) is 10.1. The van der Waals surface area contributed by atoms with E-state index in [1.54, 1.807) is 12.1 Å². The number of hydrogen-bond acceptors (Lipinski definition) is 4. The van der Waals surface area contributed by atoms with Crippen molar-refractivity contribution < 1.29 is 13.2 Å². The first kappa shape index (κ1) is 23.8. The first-order chi connectivity index (χ1) is 13.7. The molecule has 29 heavy (non-hydrogen) atoms. The summed E-state index contributed by atoms with van der Waals surface area (Å²) in [4.78, 5) is 12.7. The number of benzene rings is 1. The van der Waals surface area contributed by atoms with Crippen LogP contribution in [-0.2, 0) is 14.8 Å². The van der Waals surface area contributed by atoms with Crippen molar-refractivity contribution in [3.05, 3.63) is 29.8 Å². The molecule has 1 fully saturated rings. The van der Waals surface area contributed by atoms with Gasteiger partial charge in [0.15, 0.2) is 0 Å². The van der Waals surface area contributed by atoms with E-state index < -0.39 is 10.0 Å². The molecule has 6 nitrogen and oxygen atoms in total. The molecule has 0 aliphatic heterocycles. The topological polar surface area (TPSA) is 78.5 Å². The lowest BCUT2D eigenvalue weighted by molar-refractivity contribution is -0.121. The van der Waals surface area contributed by atoms with Gasteiger partial charge in [-0.05, 0) is 42.9 Å². The van der Waals surface area contributed by atoms with E-state index in [1.807, 2.05) is 32.9 Å². The Balaban J connectivity index is 1.91. The monoisotopic (exact) mass is 423 g/mol. The molecule has 1 aromatic carbocycles. The molecule has 0 aromatic heterocycles. The number of rotatable bonds is 9. The van der Waals surface area contributed by atoms with Gasteiger partial charge in [0.1, 0.15) is 0 Å². The number of carbonyl (C=O) groups is 1. The third-order valence-corrected chi connectivity index (χ3v) is 8.41. The molecule has 0 unspecified atom stereocenters. The van der Waals surface area contributed by atoms with Gasteiger partial charge in [-0.15, -0.1) is 0 Å². The van der Waals surface area contributed by atoms with Crippen LogP contribution in [-0.4, -0.2) is 44.3 Å². The lowest BCUT2D eigenvalue weighted by Crippen LogP contribution is -2.46. The zero-order valence-electron chi connectivity index (χ0n) is 18.4. The Morgan fingerprint density at radius 3 is 2.34 bits per heavy atom. The highest BCUT2D eigenvalue weighted by Crippen LogP contribution is 2.29. The summed E-state index contributed by atoms with van der Waals surface area (Å²) in [6, 6.07) is 7.13. The van der Waals surface area contributed by atoms with E-state index in [0.717, 1.165) is 12.0 Å². The van der Waals surface area contributed by atoms with Crippen LogP contribution in [0, 0.1) is 11.8 Å². The van der Waals surface area contributed by atoms with E-state index in [0.29, 0.717) is 29.8 Å². The average molecular weight is 424 g/mol. The van der Waals surface area contributed by atoms with Crippen LogP contribution in [0.3, 0.4) is 0 Å². The molecule has 0 heterocycles. The predicted molar refractivity (Wildman–Crippen MR) is 117 cm³/mol. The van der Waals surface area contributed by atoms with Crippen LogP contribution in [0.25, 0.3) is 0 Å². The molecule has 0 saturated heterocycles. The summed E-state index contributed by atoms with van der Waals surface area (Å²) in [5, 5.41) is 6.42. The molecule has 164 valence electrons. The quantitative estimate of drug-likeness (QED) is 0.639. The molecule has 4 atom stereocenters. The van der Waals surface area contributed by atoms with Crippen LogP contribution < -0.4 is 10.6 Å². The Bertz CT molecular complexity index is 760. The Hall–Kier alpha value is -1.44. The lowest BCUT2D eigenvalue weighted by atomic mass is 9.78. The van der Waals surface area contributed by atoms with Crippen molar-refractivity contribution in [2.45, 2.75) is 70.9 Å². The van der Waals surface area contributed by atoms with Crippen LogP contribution in [0.1, 0.15) is 65.5 Å². The van der Waals surface area contributed by atoms with Gasteiger partial charge in [-0.1, -0.05) is 52.7 Å². The second-order valence-electron chi connectivity index (χ2n) is 8.20. The summed E-state index contributed by atoms with van der Waals surface area (Å²) >= 11 is 0. The van der Waals surface area contributed by atoms with Gasteiger partial charge in [0.05, 0.1) is 11.4 Å². The molecule has 1 aliphatic rings. The van der Waals surface area contributed by atoms with Crippen LogP contribution in [0.2, 0.25) is 0 Å². The number of amides is 1. The van der Waals surface area contributed by atoms with Gasteiger partial charge in [-0.3, -0.25) is 4.79 Å². The fourth-order valence-corrected chi connectivity index (χ4v) is 5.51. The Morgan fingerprint density at radius 2 is 1.76 bits per heavy atom. The van der Waals surface area contributed by atoms with E-state index in [4.69, 9.17) is 0 Å². The van der Waals surface area contributed by atoms with E-state index in [9.17, 15) is 13.2 Å². The maximum absolute atomic E-state index is 12.6. The molecule has 0 spiro atoms. The summed E-state index contributed by atoms with van der Waals surface area (Å²) in [6.07, 6.45) is 3.46. The minimum Gasteiger partial charge on any atom is -0.352 e. The number of nitrogens with zero attached hydrogens (tertiary/aromatic N) is 1. The first-order valence-electron chi connectivity index (χ1n) is 10.8. The molecule has 2 rings (SSSR count). The van der Waals surface area contributed by atoms with Gasteiger partial charge in [-0.2, -0.15) is 4.31 Å². The molecular formula is C22H37N3O3S. The van der Waals surface area contributed by atoms with E-state index in [-0.39, 0.29) is 24.5 Å². The fraction of sp³-hybridized carbons (Fsp3) is 0.682. The molecule has 1 aliphatic carbocycles. The SMILES string of the molecule is CCN(CC)S(=O)(=O)c1ccc([C@H](C)NCC(=O)N[C@@H]2CCC[C@H](C)[C@@H]2C)cc1. The van der Waals surface area contributed by atoms with Crippen molar-refractivity contribution in [1.29, 1.82) is 0 Å². The number of carbonyl (C=O) groups excluding carboxylic acids is 1. The van der Waals surface area contributed by atoms with Crippen LogP contribution in [0.4, 0.5) is 0 Å². The number of nitrogens with one attached hydrogen (secondary N) is 2. The largest absolute Gasteiger partial charge is 0.352 e. The van der Waals surface area contributed by atoms with Gasteiger partial charge in [0.25, 0.3) is 0 Å². The van der Waals surface area contributed by atoms with Crippen molar-refractivity contribution in [2.75, 3.05) is 19.6 Å². The second kappa shape index (κ2) is 10.5. The third kappa shape index (κ3) is 6.03. The number of sulfonamides is 1. The van der Waals surface area contributed by atoms with Crippen molar-refractivity contribution in [3.63, 3.8) is 0 Å². The van der Waals surface area contributed by atoms with Gasteiger partial charge >= 0.3 is 0 Å². The van der Waals surface area contributed by atoms with Crippen molar-refractivity contribution >= 4 is 15.9 Å². The lowest BCUT2D eigenvalue weighted by Gasteiger charge is -2.34. The normalized spacial score (nSPS) is 23.7. The summed E-state index contributed by atoms with van der Waals surface area (Å²) < 4.78 is 26.6. The van der Waals surface area contributed by atoms with Crippen molar-refractivity contribution in [3.8, 4) is 0 Å². The highest BCUT2D eigenvalue weighted by molar-refractivity contribution is 7.89. The summed E-state index contributed by atoms with van der Waals surface area (Å²) in [7, 11) is -3.45. The van der Waals surface area contributed by atoms with Gasteiger partial charge in [0, 0.05) is 25.2 Å². The minimum atomic E-state index is -3.45. The van der Waals surface area contributed by atoms with Crippen LogP contribution >= 0.6 is 0 Å². The van der Waals surface area contributed by atoms with Gasteiger partial charge in [0.2, 0.25) is 15.9 Å². The molecule has 1 saturated carbocycles. The summed E-state index contributed by atoms with van der Waals surface area (Å²) in [5.74, 6) is 1.17. The summed E-state index contributed by atoms with van der Waals surface area (Å²) in [6.45, 7) is 11.3. The maximum atomic E-state index is 12.6. The first-order valence-corrected chi connectivity index (χ1v) is 12.3. The Morgan fingerprint density at radius 1 is 1.14 bits per heavy atom. The predicted octanol–water partition coefficient (Wildman–Crippen LogP) is 3.31. The molecule has 7 heteroatoms. The smallest absolute Gasteiger partial charge is 0.243 e. The minimum absolute atomic E-state index is 0.0172. The molecule has 0 radical (unpaired) electrons. The average Bonchev–Trinajstić information content (AvgIpc) is 2.70. The zero-order valence-corrected chi connectivity index (χ0v) is 19.3. The van der Waals surface area contributed by atoms with E-state index >= 15 is 0 Å². The fourth-order valence-electron chi connectivity index (χ4n) is 4.05. The van der Waals surface area contributed by atoms with Crippen molar-refractivity contribution in [2.24, 2.45) is 11.8 Å². The Labute approximate surface area is 176 Å². The molecule has 0 bridgehead atoms. The Kier molecular flexibility index (Phi) is 8.67. The van der Waals surface area contributed by atoms with Crippen LogP contribution in [0.5, 0.6) is 0 Å². The third-order valence-electron chi connectivity index (χ3n) is 6.35. The van der Waals surface area contributed by atoms with E-state index in [2.05, 4.69) is 24.5 Å². The van der Waals surface area contributed by atoms with E-state index in [1.165, 1.54) is 17.1 Å². The summed E-state index contributed by atoms with van der Waals surface area (Å²) in [5.41, 5.74) is 0.955. The van der Waals surface area contributed by atoms with Gasteiger partial charge < -0.3 is 10.6 Å². The number of hydrogen-bond donors (Lipinski definition) is 2. The zero-order chi connectivity index (χ0) is 21.6. The standard InChI is InChI=1S/C22H37N3O3S/c1-6-25(7-2)29(27,28)20-13-11-19(12-14-20)18(5)23-15-22(26)24-21-10-8-9-16(3)17(21)4/h11-14,16-18,21,23H,6-10,15H2,1-5H3,(H,24,26)/t16-,17-,18-,21+/m0/s1. The highest BCUT2D eigenvalue weighted by Gasteiger charge is 2.28. The van der Waals surface area contributed by atoms with Crippen LogP contribution in [0.15, 0.2) is 29.2 Å².